The zero-order chi connectivity index (χ0) is 14.0. The summed E-state index contributed by atoms with van der Waals surface area (Å²) in [7, 11) is 3.94. The van der Waals surface area contributed by atoms with Crippen LogP contribution >= 0.6 is 23.2 Å². The minimum atomic E-state index is 0.298. The van der Waals surface area contributed by atoms with E-state index in [9.17, 15) is 0 Å². The van der Waals surface area contributed by atoms with Crippen molar-refractivity contribution in [3.63, 3.8) is 0 Å². The van der Waals surface area contributed by atoms with Gasteiger partial charge in [0, 0.05) is 29.7 Å². The Bertz CT molecular complexity index is 432. The van der Waals surface area contributed by atoms with E-state index in [0.29, 0.717) is 17.2 Å². The van der Waals surface area contributed by atoms with Crippen molar-refractivity contribution in [2.75, 3.05) is 20.7 Å². The third-order valence-electron chi connectivity index (χ3n) is 4.15. The first-order chi connectivity index (χ1) is 9.01. The third kappa shape index (κ3) is 3.63. The van der Waals surface area contributed by atoms with Gasteiger partial charge in [0.15, 0.2) is 0 Å². The van der Waals surface area contributed by atoms with Crippen LogP contribution in [0.4, 0.5) is 0 Å². The molecule has 0 radical (unpaired) electrons. The fourth-order valence-electron chi connectivity index (χ4n) is 2.66. The van der Waals surface area contributed by atoms with Crippen LogP contribution in [0.5, 0.6) is 0 Å². The van der Waals surface area contributed by atoms with Crippen LogP contribution in [0.2, 0.25) is 10.0 Å². The maximum absolute atomic E-state index is 6.27. The van der Waals surface area contributed by atoms with Gasteiger partial charge in [-0.1, -0.05) is 29.3 Å². The zero-order valence-corrected chi connectivity index (χ0v) is 13.2. The van der Waals surface area contributed by atoms with Crippen molar-refractivity contribution in [3.8, 4) is 0 Å². The molecule has 1 atom stereocenters. The van der Waals surface area contributed by atoms with E-state index in [-0.39, 0.29) is 0 Å². The minimum Gasteiger partial charge on any atom is -0.381 e. The molecule has 0 bridgehead atoms. The number of ether oxygens (including phenoxy) is 1. The van der Waals surface area contributed by atoms with Gasteiger partial charge in [-0.25, -0.2) is 0 Å². The van der Waals surface area contributed by atoms with Gasteiger partial charge >= 0.3 is 0 Å². The SMILES string of the molecule is COC1CC(CN(C)C(C)c2ccc(Cl)cc2Cl)C1. The highest BCUT2D eigenvalue weighted by Gasteiger charge is 2.30. The first kappa shape index (κ1) is 15.1. The summed E-state index contributed by atoms with van der Waals surface area (Å²) in [6.45, 7) is 3.27. The molecule has 1 fully saturated rings. The van der Waals surface area contributed by atoms with Crippen LogP contribution in [0, 0.1) is 5.92 Å². The van der Waals surface area contributed by atoms with Gasteiger partial charge in [-0.05, 0) is 50.4 Å². The van der Waals surface area contributed by atoms with Crippen molar-refractivity contribution in [3.05, 3.63) is 33.8 Å². The summed E-state index contributed by atoms with van der Waals surface area (Å²) < 4.78 is 5.32. The lowest BCUT2D eigenvalue weighted by atomic mass is 9.81. The Labute approximate surface area is 125 Å². The highest BCUT2D eigenvalue weighted by atomic mass is 35.5. The largest absolute Gasteiger partial charge is 0.381 e. The maximum Gasteiger partial charge on any atom is 0.0577 e. The van der Waals surface area contributed by atoms with Crippen LogP contribution in [-0.2, 0) is 4.74 Å². The topological polar surface area (TPSA) is 12.5 Å². The van der Waals surface area contributed by atoms with Gasteiger partial charge in [0.05, 0.1) is 6.10 Å². The van der Waals surface area contributed by atoms with E-state index < -0.39 is 0 Å². The fraction of sp³-hybridized carbons (Fsp3) is 0.600. The summed E-state index contributed by atoms with van der Waals surface area (Å²) in [5.41, 5.74) is 1.14. The Balaban J connectivity index is 1.93. The van der Waals surface area contributed by atoms with Gasteiger partial charge < -0.3 is 4.74 Å². The van der Waals surface area contributed by atoms with Gasteiger partial charge in [0.2, 0.25) is 0 Å². The lowest BCUT2D eigenvalue weighted by Crippen LogP contribution is -2.38. The van der Waals surface area contributed by atoms with E-state index >= 15 is 0 Å². The molecule has 1 unspecified atom stereocenters. The molecule has 1 aromatic rings. The number of nitrogens with zero attached hydrogens (tertiary/aromatic N) is 1. The van der Waals surface area contributed by atoms with Crippen molar-refractivity contribution in [2.45, 2.75) is 31.9 Å². The molecule has 0 heterocycles. The molecule has 1 aromatic carbocycles. The van der Waals surface area contributed by atoms with Gasteiger partial charge in [-0.2, -0.15) is 0 Å². The van der Waals surface area contributed by atoms with Crippen LogP contribution < -0.4 is 0 Å². The second kappa shape index (κ2) is 6.45. The Morgan fingerprint density at radius 1 is 1.37 bits per heavy atom. The highest BCUT2D eigenvalue weighted by molar-refractivity contribution is 6.35. The second-order valence-corrected chi connectivity index (χ2v) is 6.32. The molecule has 1 aliphatic carbocycles. The van der Waals surface area contributed by atoms with E-state index in [0.717, 1.165) is 23.0 Å². The smallest absolute Gasteiger partial charge is 0.0577 e. The Hall–Kier alpha value is -0.280. The third-order valence-corrected chi connectivity index (χ3v) is 4.71. The minimum absolute atomic E-state index is 0.298. The van der Waals surface area contributed by atoms with Crippen molar-refractivity contribution in [1.29, 1.82) is 0 Å². The monoisotopic (exact) mass is 301 g/mol. The zero-order valence-electron chi connectivity index (χ0n) is 11.7. The fourth-order valence-corrected chi connectivity index (χ4v) is 3.23. The molecule has 4 heteroatoms. The van der Waals surface area contributed by atoms with Gasteiger partial charge in [-0.15, -0.1) is 0 Å². The maximum atomic E-state index is 6.27. The number of rotatable bonds is 5. The molecular weight excluding hydrogens is 281 g/mol. The van der Waals surface area contributed by atoms with Gasteiger partial charge in [0.25, 0.3) is 0 Å². The molecule has 106 valence electrons. The van der Waals surface area contributed by atoms with Gasteiger partial charge in [-0.3, -0.25) is 4.90 Å². The molecule has 1 saturated carbocycles. The van der Waals surface area contributed by atoms with E-state index in [2.05, 4.69) is 18.9 Å². The highest BCUT2D eigenvalue weighted by Crippen LogP contribution is 2.34. The van der Waals surface area contributed by atoms with Crippen molar-refractivity contribution < 1.29 is 4.74 Å². The molecule has 0 saturated heterocycles. The predicted molar refractivity (Wildman–Crippen MR) is 81.0 cm³/mol. The summed E-state index contributed by atoms with van der Waals surface area (Å²) in [5, 5.41) is 1.43. The molecule has 2 nitrogen and oxygen atoms in total. The molecule has 0 amide bonds. The van der Waals surface area contributed by atoms with Crippen LogP contribution in [0.25, 0.3) is 0 Å². The molecule has 19 heavy (non-hydrogen) atoms. The summed E-state index contributed by atoms with van der Waals surface area (Å²) in [6, 6.07) is 6.03. The average molecular weight is 302 g/mol. The number of benzene rings is 1. The summed E-state index contributed by atoms with van der Waals surface area (Å²) in [4.78, 5) is 2.35. The second-order valence-electron chi connectivity index (χ2n) is 5.48. The lowest BCUT2D eigenvalue weighted by Gasteiger charge is -2.38. The molecule has 1 aliphatic rings. The molecule has 2 rings (SSSR count). The number of hydrogen-bond donors (Lipinski definition) is 0. The van der Waals surface area contributed by atoms with Crippen LogP contribution in [0.3, 0.4) is 0 Å². The Kier molecular flexibility index (Phi) is 5.13. The Morgan fingerprint density at radius 2 is 2.05 bits per heavy atom. The number of methoxy groups -OCH3 is 1. The summed E-state index contributed by atoms with van der Waals surface area (Å²) >= 11 is 12.2. The standard InChI is InChI=1S/C15H21Cl2NO/c1-10(14-5-4-12(16)8-15(14)17)18(2)9-11-6-13(7-11)19-3/h4-5,8,10-11,13H,6-7,9H2,1-3H3. The first-order valence-corrected chi connectivity index (χ1v) is 7.44. The van der Waals surface area contributed by atoms with Crippen molar-refractivity contribution in [1.82, 2.24) is 4.90 Å². The van der Waals surface area contributed by atoms with Crippen molar-refractivity contribution >= 4 is 23.2 Å². The van der Waals surface area contributed by atoms with Crippen LogP contribution in [-0.4, -0.2) is 31.7 Å². The molecule has 0 N–H and O–H groups in total. The number of halogens is 2. The predicted octanol–water partition coefficient (Wildman–Crippen LogP) is 4.41. The molecular formula is C15H21Cl2NO. The van der Waals surface area contributed by atoms with Crippen LogP contribution in [0.1, 0.15) is 31.4 Å². The summed E-state index contributed by atoms with van der Waals surface area (Å²) in [5.74, 6) is 0.739. The number of hydrogen-bond acceptors (Lipinski definition) is 2. The molecule has 0 aromatic heterocycles. The first-order valence-electron chi connectivity index (χ1n) is 6.69. The molecule has 0 aliphatic heterocycles. The lowest BCUT2D eigenvalue weighted by molar-refractivity contribution is -0.0117. The summed E-state index contributed by atoms with van der Waals surface area (Å²) in [6.07, 6.45) is 2.80. The van der Waals surface area contributed by atoms with Gasteiger partial charge in [0.1, 0.15) is 0 Å². The van der Waals surface area contributed by atoms with Crippen molar-refractivity contribution in [2.24, 2.45) is 5.92 Å². The van der Waals surface area contributed by atoms with Crippen LogP contribution in [0.15, 0.2) is 18.2 Å². The average Bonchev–Trinajstić information content (AvgIpc) is 2.32. The van der Waals surface area contributed by atoms with E-state index in [4.69, 9.17) is 27.9 Å². The van der Waals surface area contributed by atoms with E-state index in [1.54, 1.807) is 7.11 Å². The molecule has 0 spiro atoms. The Morgan fingerprint density at radius 3 is 2.63 bits per heavy atom. The van der Waals surface area contributed by atoms with E-state index in [1.807, 2.05) is 18.2 Å². The normalized spacial score (nSPS) is 24.3. The quantitative estimate of drug-likeness (QED) is 0.799. The van der Waals surface area contributed by atoms with E-state index in [1.165, 1.54) is 12.8 Å².